The summed E-state index contributed by atoms with van der Waals surface area (Å²) in [6, 6.07) is 2.04. The zero-order chi connectivity index (χ0) is 19.7. The molecule has 4 rings (SSSR count). The maximum atomic E-state index is 12.8. The normalized spacial score (nSPS) is 18.5. The number of halogens is 1. The summed E-state index contributed by atoms with van der Waals surface area (Å²) in [6.45, 7) is 6.51. The Morgan fingerprint density at radius 1 is 1.18 bits per heavy atom. The fourth-order valence-electron chi connectivity index (χ4n) is 3.85. The first-order chi connectivity index (χ1) is 13.5. The Labute approximate surface area is 169 Å². The molecule has 8 nitrogen and oxygen atoms in total. The average molecular weight is 405 g/mol. The minimum absolute atomic E-state index is 0.0670. The van der Waals surface area contributed by atoms with E-state index in [0.717, 1.165) is 56.5 Å². The molecule has 0 N–H and O–H groups in total. The van der Waals surface area contributed by atoms with Crippen molar-refractivity contribution in [2.24, 2.45) is 7.05 Å². The lowest BCUT2D eigenvalue weighted by molar-refractivity contribution is 0.0700. The standard InChI is InChI=1S/C19H25ClN6O2/c1-13-11-16(25-7-9-28-10-8-25)23-18(22-13)14-3-5-26(6-4-14)19(27)17-15(20)12-21-24(17)2/h11-12,14H,3-10H2,1-2H3. The molecule has 0 spiro atoms. The van der Waals surface area contributed by atoms with E-state index in [1.165, 1.54) is 10.9 Å². The third-order valence-electron chi connectivity index (χ3n) is 5.44. The highest BCUT2D eigenvalue weighted by Gasteiger charge is 2.29. The van der Waals surface area contributed by atoms with E-state index in [1.54, 1.807) is 7.05 Å². The number of aryl methyl sites for hydroxylation is 2. The zero-order valence-corrected chi connectivity index (χ0v) is 17.0. The number of hydrogen-bond donors (Lipinski definition) is 0. The second-order valence-electron chi connectivity index (χ2n) is 7.36. The van der Waals surface area contributed by atoms with Gasteiger partial charge in [0, 0.05) is 50.9 Å². The van der Waals surface area contributed by atoms with Gasteiger partial charge in [0.05, 0.1) is 24.4 Å². The predicted octanol–water partition coefficient (Wildman–Crippen LogP) is 2.03. The molecule has 150 valence electrons. The minimum Gasteiger partial charge on any atom is -0.378 e. The van der Waals surface area contributed by atoms with Gasteiger partial charge in [-0.05, 0) is 19.8 Å². The Hall–Kier alpha value is -2.19. The molecule has 2 aliphatic rings. The van der Waals surface area contributed by atoms with Gasteiger partial charge in [-0.3, -0.25) is 9.48 Å². The van der Waals surface area contributed by atoms with Crippen molar-refractivity contribution < 1.29 is 9.53 Å². The summed E-state index contributed by atoms with van der Waals surface area (Å²) in [5, 5.41) is 4.46. The summed E-state index contributed by atoms with van der Waals surface area (Å²) in [6.07, 6.45) is 3.19. The van der Waals surface area contributed by atoms with E-state index in [4.69, 9.17) is 26.3 Å². The number of hydrogen-bond acceptors (Lipinski definition) is 6. The maximum absolute atomic E-state index is 12.8. The molecule has 0 bridgehead atoms. The van der Waals surface area contributed by atoms with Gasteiger partial charge < -0.3 is 14.5 Å². The number of piperidine rings is 1. The van der Waals surface area contributed by atoms with Crippen molar-refractivity contribution >= 4 is 23.3 Å². The van der Waals surface area contributed by atoms with Gasteiger partial charge in [-0.2, -0.15) is 5.10 Å². The molecule has 2 aliphatic heterocycles. The van der Waals surface area contributed by atoms with E-state index in [0.29, 0.717) is 23.8 Å². The lowest BCUT2D eigenvalue weighted by Gasteiger charge is -2.32. The van der Waals surface area contributed by atoms with Crippen molar-refractivity contribution in [1.82, 2.24) is 24.6 Å². The number of carbonyl (C=O) groups is 1. The Kier molecular flexibility index (Phi) is 5.50. The maximum Gasteiger partial charge on any atom is 0.273 e. The van der Waals surface area contributed by atoms with Gasteiger partial charge in [0.1, 0.15) is 17.3 Å². The molecule has 1 amide bonds. The number of carbonyl (C=O) groups excluding carboxylic acids is 1. The largest absolute Gasteiger partial charge is 0.378 e. The van der Waals surface area contributed by atoms with E-state index in [-0.39, 0.29) is 11.8 Å². The smallest absolute Gasteiger partial charge is 0.273 e. The van der Waals surface area contributed by atoms with Gasteiger partial charge in [0.15, 0.2) is 0 Å². The second-order valence-corrected chi connectivity index (χ2v) is 7.76. The summed E-state index contributed by atoms with van der Waals surface area (Å²) in [5.74, 6) is 2.05. The highest BCUT2D eigenvalue weighted by molar-refractivity contribution is 6.33. The molecular formula is C19H25ClN6O2. The molecular weight excluding hydrogens is 380 g/mol. The molecule has 0 aliphatic carbocycles. The number of aromatic nitrogens is 4. The van der Waals surface area contributed by atoms with Crippen LogP contribution in [0, 0.1) is 6.92 Å². The number of rotatable bonds is 3. The lowest BCUT2D eigenvalue weighted by Crippen LogP contribution is -2.39. The quantitative estimate of drug-likeness (QED) is 0.779. The van der Waals surface area contributed by atoms with Crippen LogP contribution in [0.5, 0.6) is 0 Å². The molecule has 0 unspecified atom stereocenters. The summed E-state index contributed by atoms with van der Waals surface area (Å²) in [4.78, 5) is 26.4. The van der Waals surface area contributed by atoms with Crippen LogP contribution in [0.4, 0.5) is 5.82 Å². The Balaban J connectivity index is 1.45. The second kappa shape index (κ2) is 8.05. The topological polar surface area (TPSA) is 76.4 Å². The van der Waals surface area contributed by atoms with Crippen LogP contribution < -0.4 is 4.90 Å². The summed E-state index contributed by atoms with van der Waals surface area (Å²) < 4.78 is 6.98. The molecule has 2 aromatic heterocycles. The average Bonchev–Trinajstić information content (AvgIpc) is 3.06. The van der Waals surface area contributed by atoms with Crippen LogP contribution in [-0.4, -0.2) is 69.9 Å². The molecule has 2 aromatic rings. The van der Waals surface area contributed by atoms with E-state index in [1.807, 2.05) is 17.9 Å². The first-order valence-electron chi connectivity index (χ1n) is 9.68. The number of amides is 1. The van der Waals surface area contributed by atoms with Gasteiger partial charge in [-0.25, -0.2) is 9.97 Å². The molecule has 0 saturated carbocycles. The molecule has 9 heteroatoms. The van der Waals surface area contributed by atoms with E-state index >= 15 is 0 Å². The Morgan fingerprint density at radius 2 is 1.89 bits per heavy atom. The van der Waals surface area contributed by atoms with Crippen molar-refractivity contribution in [1.29, 1.82) is 0 Å². The van der Waals surface area contributed by atoms with Gasteiger partial charge in [-0.15, -0.1) is 0 Å². The van der Waals surface area contributed by atoms with Crippen LogP contribution in [0.25, 0.3) is 0 Å². The van der Waals surface area contributed by atoms with Crippen LogP contribution in [-0.2, 0) is 11.8 Å². The van der Waals surface area contributed by atoms with Crippen molar-refractivity contribution in [2.45, 2.75) is 25.7 Å². The summed E-state index contributed by atoms with van der Waals surface area (Å²) >= 11 is 6.13. The predicted molar refractivity (Wildman–Crippen MR) is 106 cm³/mol. The van der Waals surface area contributed by atoms with Crippen LogP contribution >= 0.6 is 11.6 Å². The van der Waals surface area contributed by atoms with Crippen molar-refractivity contribution in [2.75, 3.05) is 44.3 Å². The number of anilines is 1. The Bertz CT molecular complexity index is 837. The SMILES string of the molecule is Cc1cc(N2CCOCC2)nc(C2CCN(C(=O)c3c(Cl)cnn3C)CC2)n1. The van der Waals surface area contributed by atoms with E-state index in [9.17, 15) is 4.79 Å². The Morgan fingerprint density at radius 3 is 2.54 bits per heavy atom. The van der Waals surface area contributed by atoms with Gasteiger partial charge in [0.25, 0.3) is 5.91 Å². The fourth-order valence-corrected chi connectivity index (χ4v) is 4.10. The summed E-state index contributed by atoms with van der Waals surface area (Å²) in [5.41, 5.74) is 1.42. The number of ether oxygens (including phenoxy) is 1. The molecule has 0 radical (unpaired) electrons. The lowest BCUT2D eigenvalue weighted by atomic mass is 9.95. The van der Waals surface area contributed by atoms with Crippen molar-refractivity contribution in [3.8, 4) is 0 Å². The van der Waals surface area contributed by atoms with Crippen LogP contribution in [0.2, 0.25) is 5.02 Å². The van der Waals surface area contributed by atoms with Crippen molar-refractivity contribution in [3.05, 3.63) is 34.5 Å². The monoisotopic (exact) mass is 404 g/mol. The van der Waals surface area contributed by atoms with Crippen LogP contribution in [0.15, 0.2) is 12.3 Å². The minimum atomic E-state index is -0.0670. The molecule has 2 saturated heterocycles. The van der Waals surface area contributed by atoms with Gasteiger partial charge in [-0.1, -0.05) is 11.6 Å². The molecule has 0 aromatic carbocycles. The van der Waals surface area contributed by atoms with Crippen LogP contribution in [0.1, 0.15) is 40.8 Å². The third kappa shape index (κ3) is 3.84. The zero-order valence-electron chi connectivity index (χ0n) is 16.3. The van der Waals surface area contributed by atoms with Crippen LogP contribution in [0.3, 0.4) is 0 Å². The van der Waals surface area contributed by atoms with E-state index in [2.05, 4.69) is 10.00 Å². The number of likely N-dealkylation sites (tertiary alicyclic amines) is 1. The molecule has 2 fully saturated rings. The highest BCUT2D eigenvalue weighted by atomic mass is 35.5. The van der Waals surface area contributed by atoms with Gasteiger partial charge in [0.2, 0.25) is 0 Å². The third-order valence-corrected chi connectivity index (χ3v) is 5.71. The summed E-state index contributed by atoms with van der Waals surface area (Å²) in [7, 11) is 1.74. The van der Waals surface area contributed by atoms with E-state index < -0.39 is 0 Å². The first kappa shape index (κ1) is 19.1. The van der Waals surface area contributed by atoms with Gasteiger partial charge >= 0.3 is 0 Å². The first-order valence-corrected chi connectivity index (χ1v) is 10.1. The number of morpholine rings is 1. The highest BCUT2D eigenvalue weighted by Crippen LogP contribution is 2.29. The molecule has 4 heterocycles. The molecule has 28 heavy (non-hydrogen) atoms. The van der Waals surface area contributed by atoms with Crippen molar-refractivity contribution in [3.63, 3.8) is 0 Å². The number of nitrogens with zero attached hydrogens (tertiary/aromatic N) is 6. The fraction of sp³-hybridized carbons (Fsp3) is 0.579. The molecule has 0 atom stereocenters.